The maximum Gasteiger partial charge on any atom is 0.265 e. The fourth-order valence-corrected chi connectivity index (χ4v) is 9.91. The molecule has 0 amide bonds. The lowest BCUT2D eigenvalue weighted by Crippen LogP contribution is -2.68. The summed E-state index contributed by atoms with van der Waals surface area (Å²) in [4.78, 5) is 32.8. The molecule has 49 heavy (non-hydrogen) atoms. The molecule has 0 radical (unpaired) electrons. The van der Waals surface area contributed by atoms with Crippen LogP contribution in [0.2, 0.25) is 18.1 Å². The molecule has 1 fully saturated rings. The van der Waals surface area contributed by atoms with Crippen LogP contribution in [0.4, 0.5) is 0 Å². The number of Topliss-reactive ketones (excluding diaryl/α,β-unsaturated/α-hetero) is 2. The van der Waals surface area contributed by atoms with Gasteiger partial charge in [-0.25, -0.2) is 0 Å². The van der Waals surface area contributed by atoms with E-state index in [9.17, 15) is 5.11 Å². The predicted molar refractivity (Wildman–Crippen MR) is 195 cm³/mol. The van der Waals surface area contributed by atoms with Gasteiger partial charge in [0.1, 0.15) is 17.9 Å². The zero-order chi connectivity index (χ0) is 35.2. The fraction of sp³-hybridized carbons (Fsp3) is 0.410. The lowest BCUT2D eigenvalue weighted by molar-refractivity contribution is -0.140. The van der Waals surface area contributed by atoms with E-state index in [4.69, 9.17) is 13.7 Å². The van der Waals surface area contributed by atoms with E-state index < -0.39 is 37.4 Å². The number of carbonyl (C=O) groups excluding carboxylic acids is 2. The Balaban J connectivity index is 1.45. The maximum atomic E-state index is 15.5. The lowest BCUT2D eigenvalue weighted by atomic mass is 9.57. The van der Waals surface area contributed by atoms with E-state index in [2.05, 4.69) is 61.0 Å². The Hall–Kier alpha value is -3.57. The highest BCUT2D eigenvalue weighted by molar-refractivity contribution is 9.10. The van der Waals surface area contributed by atoms with Crippen molar-refractivity contribution in [2.24, 2.45) is 11.8 Å². The molecule has 1 heterocycles. The summed E-state index contributed by atoms with van der Waals surface area (Å²) in [5.41, 5.74) is 1.94. The topological polar surface area (TPSA) is 102 Å². The first-order chi connectivity index (χ1) is 23.1. The minimum atomic E-state index is -2.81. The number of aryl methyl sites for hydroxylation is 1. The van der Waals surface area contributed by atoms with Crippen molar-refractivity contribution >= 4 is 52.3 Å². The molecule has 3 aliphatic rings. The van der Waals surface area contributed by atoms with Crippen LogP contribution in [0.3, 0.4) is 0 Å². The molecule has 1 saturated carbocycles. The van der Waals surface area contributed by atoms with Crippen LogP contribution in [0, 0.1) is 18.8 Å². The first-order valence-corrected chi connectivity index (χ1v) is 20.5. The summed E-state index contributed by atoms with van der Waals surface area (Å²) >= 11 is 3.71. The molecule has 0 unspecified atom stereocenters. The van der Waals surface area contributed by atoms with Gasteiger partial charge >= 0.3 is 0 Å². The predicted octanol–water partition coefficient (Wildman–Crippen LogP) is 8.77. The number of hydrogen-bond donors (Lipinski definition) is 1. The number of ketones is 2. The Bertz CT molecular complexity index is 2050. The van der Waals surface area contributed by atoms with Crippen LogP contribution in [0.5, 0.6) is 5.88 Å². The van der Waals surface area contributed by atoms with Crippen molar-refractivity contribution < 1.29 is 28.4 Å². The molecule has 0 bridgehead atoms. The molecule has 7 rings (SSSR count). The van der Waals surface area contributed by atoms with Crippen molar-refractivity contribution in [1.82, 2.24) is 10.1 Å². The summed E-state index contributed by atoms with van der Waals surface area (Å²) in [5.74, 6) is -1.53. The molecule has 0 spiro atoms. The van der Waals surface area contributed by atoms with Crippen molar-refractivity contribution in [2.75, 3.05) is 14.1 Å². The second kappa shape index (κ2) is 11.8. The fourth-order valence-electron chi connectivity index (χ4n) is 7.99. The molecule has 4 aromatic rings. The van der Waals surface area contributed by atoms with Crippen molar-refractivity contribution in [3.63, 3.8) is 0 Å². The summed E-state index contributed by atoms with van der Waals surface area (Å²) < 4.78 is 20.3. The van der Waals surface area contributed by atoms with E-state index in [1.165, 1.54) is 0 Å². The Labute approximate surface area is 296 Å². The quantitative estimate of drug-likeness (QED) is 0.155. The molecule has 0 saturated heterocycles. The summed E-state index contributed by atoms with van der Waals surface area (Å²) in [6.45, 7) is 12.6. The van der Waals surface area contributed by atoms with Gasteiger partial charge in [0.15, 0.2) is 19.7 Å². The molecule has 1 N–H and O–H groups in total. The van der Waals surface area contributed by atoms with Gasteiger partial charge in [0.25, 0.3) is 5.88 Å². The Morgan fingerprint density at radius 1 is 1.04 bits per heavy atom. The average Bonchev–Trinajstić information content (AvgIpc) is 3.45. The number of hydrogen-bond acceptors (Lipinski definition) is 8. The number of halogens is 1. The standard InChI is InChI=1S/C39H43BrN2O6Si/c1-21-25-15-12-16-28(40)26(25)18-23-17-24-19-27-32(42(5)6)34-31(37(41-47-34)46-20-22-13-10-9-11-14-22)36(45)39(27,48-49(7,8)38(2,3)4)35(44)30(24)33(43)29(21)23/h9-16,18,24,27,32,43H,17,19-20H2,1-8H3/t24-,27-,32-,39-/m0/s1. The summed E-state index contributed by atoms with van der Waals surface area (Å²) in [7, 11) is 1.03. The number of fused-ring (bicyclic) bond motifs is 5. The third kappa shape index (κ3) is 5.08. The van der Waals surface area contributed by atoms with Crippen LogP contribution >= 0.6 is 15.9 Å². The highest BCUT2D eigenvalue weighted by Gasteiger charge is 2.68. The Morgan fingerprint density at radius 2 is 1.76 bits per heavy atom. The molecular formula is C39H43BrN2O6Si. The third-order valence-corrected chi connectivity index (χ3v) is 16.5. The van der Waals surface area contributed by atoms with E-state index in [0.717, 1.165) is 31.9 Å². The highest BCUT2D eigenvalue weighted by Crippen LogP contribution is 2.59. The number of aliphatic hydroxyl groups is 1. The number of carbonyl (C=O) groups is 2. The monoisotopic (exact) mass is 742 g/mol. The molecule has 256 valence electrons. The van der Waals surface area contributed by atoms with Gasteiger partial charge < -0.3 is 18.8 Å². The third-order valence-electron chi connectivity index (χ3n) is 11.4. The van der Waals surface area contributed by atoms with Gasteiger partial charge in [-0.15, -0.1) is 0 Å². The minimum Gasteiger partial charge on any atom is -0.507 e. The number of aliphatic hydroxyl groups excluding tert-OH is 1. The van der Waals surface area contributed by atoms with Crippen LogP contribution < -0.4 is 4.74 Å². The molecule has 8 nitrogen and oxygen atoms in total. The highest BCUT2D eigenvalue weighted by atomic mass is 79.9. The lowest BCUT2D eigenvalue weighted by Gasteiger charge is -2.55. The van der Waals surface area contributed by atoms with E-state index in [1.54, 1.807) is 0 Å². The van der Waals surface area contributed by atoms with Gasteiger partial charge in [-0.05, 0) is 103 Å². The second-order valence-electron chi connectivity index (χ2n) is 15.5. The SMILES string of the molecule is Cc1c2c(cc3c(Br)cccc13)C[C@H]1C[C@H]3[C@H](N(C)C)c4onc(OCc5ccccc5)c4C(=O)[C@@]3(O[Si](C)(C)C(C)(C)C)C(=O)C1=C2O. The number of aromatic nitrogens is 1. The van der Waals surface area contributed by atoms with Crippen molar-refractivity contribution in [3.05, 3.63) is 98.2 Å². The van der Waals surface area contributed by atoms with Gasteiger partial charge in [0, 0.05) is 21.5 Å². The number of nitrogens with zero attached hydrogens (tertiary/aromatic N) is 2. The van der Waals surface area contributed by atoms with Gasteiger partial charge in [0.05, 0.1) is 6.04 Å². The van der Waals surface area contributed by atoms with Crippen molar-refractivity contribution in [2.45, 2.75) is 76.9 Å². The van der Waals surface area contributed by atoms with Gasteiger partial charge in [-0.1, -0.05) is 79.2 Å². The van der Waals surface area contributed by atoms with Crippen LogP contribution in [0.15, 0.2) is 69.2 Å². The van der Waals surface area contributed by atoms with Crippen molar-refractivity contribution in [3.8, 4) is 5.88 Å². The van der Waals surface area contributed by atoms with Crippen molar-refractivity contribution in [1.29, 1.82) is 0 Å². The number of rotatable bonds is 6. The summed E-state index contributed by atoms with van der Waals surface area (Å²) in [6, 6.07) is 17.2. The molecule has 3 aliphatic carbocycles. The van der Waals surface area contributed by atoms with E-state index in [-0.39, 0.29) is 40.3 Å². The molecule has 10 heteroatoms. The maximum absolute atomic E-state index is 15.5. The zero-order valence-corrected chi connectivity index (χ0v) is 31.9. The van der Waals surface area contributed by atoms with Crippen LogP contribution in [0.1, 0.15) is 71.6 Å². The van der Waals surface area contributed by atoms with Gasteiger partial charge in [0.2, 0.25) is 11.6 Å². The van der Waals surface area contributed by atoms with Crippen LogP contribution in [-0.2, 0) is 22.2 Å². The van der Waals surface area contributed by atoms with Gasteiger partial charge in [-0.2, -0.15) is 0 Å². The van der Waals surface area contributed by atoms with E-state index in [0.29, 0.717) is 24.2 Å². The smallest absolute Gasteiger partial charge is 0.265 e. The average molecular weight is 744 g/mol. The zero-order valence-electron chi connectivity index (χ0n) is 29.3. The normalized spacial score (nSPS) is 23.8. The molecule has 0 aliphatic heterocycles. The van der Waals surface area contributed by atoms with E-state index in [1.807, 2.05) is 74.4 Å². The number of ether oxygens (including phenoxy) is 1. The Kier molecular flexibility index (Phi) is 8.13. The minimum absolute atomic E-state index is 0.0439. The van der Waals surface area contributed by atoms with Crippen LogP contribution in [-0.4, -0.2) is 54.7 Å². The Morgan fingerprint density at radius 3 is 2.43 bits per heavy atom. The summed E-state index contributed by atoms with van der Waals surface area (Å²) in [5, 5.41) is 18.2. The molecule has 4 atom stereocenters. The van der Waals surface area contributed by atoms with Gasteiger partial charge in [-0.3, -0.25) is 14.5 Å². The first-order valence-electron chi connectivity index (χ1n) is 16.8. The molecular weight excluding hydrogens is 700 g/mol. The number of benzene rings is 3. The largest absolute Gasteiger partial charge is 0.507 e. The van der Waals surface area contributed by atoms with Crippen LogP contribution in [0.25, 0.3) is 16.5 Å². The summed E-state index contributed by atoms with van der Waals surface area (Å²) in [6.07, 6.45) is 0.982. The molecule has 3 aromatic carbocycles. The van der Waals surface area contributed by atoms with E-state index >= 15 is 9.59 Å². The second-order valence-corrected chi connectivity index (χ2v) is 21.1. The first kappa shape index (κ1) is 33.9. The molecule has 1 aromatic heterocycles.